The van der Waals surface area contributed by atoms with Gasteiger partial charge in [-0.3, -0.25) is 5.43 Å². The first-order chi connectivity index (χ1) is 8.72. The van der Waals surface area contributed by atoms with Gasteiger partial charge in [0.1, 0.15) is 0 Å². The zero-order valence-corrected chi connectivity index (χ0v) is 11.5. The van der Waals surface area contributed by atoms with Crippen molar-refractivity contribution in [1.82, 2.24) is 4.98 Å². The summed E-state index contributed by atoms with van der Waals surface area (Å²) in [6.07, 6.45) is 2.93. The van der Waals surface area contributed by atoms with Gasteiger partial charge in [0.2, 0.25) is 0 Å². The van der Waals surface area contributed by atoms with E-state index in [1.54, 1.807) is 11.3 Å². The van der Waals surface area contributed by atoms with E-state index in [1.807, 2.05) is 6.20 Å². The highest BCUT2D eigenvalue weighted by Crippen LogP contribution is 2.21. The summed E-state index contributed by atoms with van der Waals surface area (Å²) < 4.78 is 0. The number of hydrogen-bond donors (Lipinski definition) is 2. The largest absolute Gasteiger partial charge is 0.369 e. The number of nitrogens with one attached hydrogen (secondary N) is 1. The Hall–Kier alpha value is -1.59. The summed E-state index contributed by atoms with van der Waals surface area (Å²) in [6, 6.07) is 8.65. The van der Waals surface area contributed by atoms with Crippen LogP contribution in [0.2, 0.25) is 0 Å². The Kier molecular flexibility index (Phi) is 4.17. The second-order valence-corrected chi connectivity index (χ2v) is 5.27. The van der Waals surface area contributed by atoms with Gasteiger partial charge in [0.25, 0.3) is 0 Å². The number of nitrogen functional groups attached to an aromatic ring is 1. The zero-order valence-electron chi connectivity index (χ0n) is 10.7. The summed E-state index contributed by atoms with van der Waals surface area (Å²) in [6.45, 7) is 3.00. The molecule has 0 saturated heterocycles. The van der Waals surface area contributed by atoms with Crippen LogP contribution in [0.1, 0.15) is 17.4 Å². The van der Waals surface area contributed by atoms with Gasteiger partial charge in [0.05, 0.1) is 6.54 Å². The van der Waals surface area contributed by atoms with Crippen LogP contribution in [0.4, 0.5) is 10.8 Å². The lowest BCUT2D eigenvalue weighted by Gasteiger charge is -2.18. The van der Waals surface area contributed by atoms with E-state index in [0.29, 0.717) is 0 Å². The standard InChI is InChI=1S/C13H18N4S/c1-3-10-4-6-11(7-5-10)17(2)9-12-8-15-13(16-14)18-12/h4-8H,3,9,14H2,1-2H3,(H,15,16). The molecular weight excluding hydrogens is 244 g/mol. The van der Waals surface area contributed by atoms with Gasteiger partial charge in [0, 0.05) is 23.8 Å². The fourth-order valence-electron chi connectivity index (χ4n) is 1.76. The fourth-order valence-corrected chi connectivity index (χ4v) is 2.53. The normalized spacial score (nSPS) is 10.4. The second kappa shape index (κ2) is 5.84. The van der Waals surface area contributed by atoms with Crippen LogP contribution in [0.15, 0.2) is 30.5 Å². The van der Waals surface area contributed by atoms with Crippen LogP contribution in [0.25, 0.3) is 0 Å². The first-order valence-electron chi connectivity index (χ1n) is 5.94. The molecule has 1 aromatic heterocycles. The molecule has 0 aliphatic rings. The lowest BCUT2D eigenvalue weighted by Crippen LogP contribution is -2.15. The third-order valence-corrected chi connectivity index (χ3v) is 3.77. The molecule has 3 N–H and O–H groups in total. The molecule has 0 atom stereocenters. The Morgan fingerprint density at radius 1 is 1.33 bits per heavy atom. The van der Waals surface area contributed by atoms with Crippen molar-refractivity contribution < 1.29 is 0 Å². The van der Waals surface area contributed by atoms with Gasteiger partial charge in [-0.1, -0.05) is 30.4 Å². The quantitative estimate of drug-likeness (QED) is 0.642. The van der Waals surface area contributed by atoms with Crippen LogP contribution >= 0.6 is 11.3 Å². The Balaban J connectivity index is 2.03. The van der Waals surface area contributed by atoms with Gasteiger partial charge >= 0.3 is 0 Å². The van der Waals surface area contributed by atoms with Gasteiger partial charge < -0.3 is 4.90 Å². The summed E-state index contributed by atoms with van der Waals surface area (Å²) in [4.78, 5) is 7.55. The number of anilines is 2. The highest BCUT2D eigenvalue weighted by molar-refractivity contribution is 7.15. The fraction of sp³-hybridized carbons (Fsp3) is 0.308. The van der Waals surface area contributed by atoms with E-state index in [9.17, 15) is 0 Å². The molecule has 0 unspecified atom stereocenters. The number of benzene rings is 1. The van der Waals surface area contributed by atoms with E-state index < -0.39 is 0 Å². The van der Waals surface area contributed by atoms with E-state index in [2.05, 4.69) is 53.5 Å². The first-order valence-corrected chi connectivity index (χ1v) is 6.76. The maximum atomic E-state index is 5.32. The number of aromatic nitrogens is 1. The molecule has 0 aliphatic heterocycles. The van der Waals surface area contributed by atoms with E-state index in [-0.39, 0.29) is 0 Å². The Morgan fingerprint density at radius 3 is 2.61 bits per heavy atom. The van der Waals surface area contributed by atoms with Gasteiger partial charge in [-0.05, 0) is 24.1 Å². The minimum Gasteiger partial charge on any atom is -0.369 e. The SMILES string of the molecule is CCc1ccc(N(C)Cc2cnc(NN)s2)cc1. The smallest absolute Gasteiger partial charge is 0.197 e. The van der Waals surface area contributed by atoms with Crippen molar-refractivity contribution >= 4 is 22.2 Å². The molecule has 5 heteroatoms. The molecule has 2 aromatic rings. The summed E-state index contributed by atoms with van der Waals surface area (Å²) in [5.41, 5.74) is 5.14. The average Bonchev–Trinajstić information content (AvgIpc) is 2.86. The molecule has 0 amide bonds. The highest BCUT2D eigenvalue weighted by atomic mass is 32.1. The van der Waals surface area contributed by atoms with Crippen LogP contribution in [0, 0.1) is 0 Å². The summed E-state index contributed by atoms with van der Waals surface area (Å²) in [7, 11) is 2.08. The molecule has 0 fully saturated rings. The minimum atomic E-state index is 0.750. The molecule has 2 rings (SSSR count). The Labute approximate surface area is 111 Å². The van der Waals surface area contributed by atoms with Crippen LogP contribution in [-0.4, -0.2) is 12.0 Å². The number of nitrogens with two attached hydrogens (primary N) is 1. The van der Waals surface area contributed by atoms with Crippen molar-refractivity contribution in [1.29, 1.82) is 0 Å². The number of aryl methyl sites for hydroxylation is 1. The number of thiazole rings is 1. The van der Waals surface area contributed by atoms with Crippen LogP contribution in [-0.2, 0) is 13.0 Å². The van der Waals surface area contributed by atoms with Crippen LogP contribution in [0.3, 0.4) is 0 Å². The maximum absolute atomic E-state index is 5.32. The molecule has 0 bridgehead atoms. The summed E-state index contributed by atoms with van der Waals surface area (Å²) in [5.74, 6) is 5.32. The lowest BCUT2D eigenvalue weighted by atomic mass is 10.1. The monoisotopic (exact) mass is 262 g/mol. The van der Waals surface area contributed by atoms with Gasteiger partial charge in [-0.25, -0.2) is 10.8 Å². The van der Waals surface area contributed by atoms with Crippen LogP contribution < -0.4 is 16.2 Å². The van der Waals surface area contributed by atoms with Gasteiger partial charge in [0.15, 0.2) is 5.13 Å². The molecular formula is C13H18N4S. The van der Waals surface area contributed by atoms with Crippen molar-refractivity contribution in [3.05, 3.63) is 40.9 Å². The molecule has 96 valence electrons. The van der Waals surface area contributed by atoms with Crippen molar-refractivity contribution in [2.75, 3.05) is 17.4 Å². The van der Waals surface area contributed by atoms with E-state index in [4.69, 9.17) is 5.84 Å². The first kappa shape index (κ1) is 12.9. The highest BCUT2D eigenvalue weighted by Gasteiger charge is 2.05. The Morgan fingerprint density at radius 2 is 2.06 bits per heavy atom. The number of nitrogens with zero attached hydrogens (tertiary/aromatic N) is 2. The molecule has 1 aromatic carbocycles. The predicted octanol–water partition coefficient (Wildman–Crippen LogP) is 2.63. The van der Waals surface area contributed by atoms with Crippen molar-refractivity contribution in [3.8, 4) is 0 Å². The van der Waals surface area contributed by atoms with Crippen molar-refractivity contribution in [2.24, 2.45) is 5.84 Å². The lowest BCUT2D eigenvalue weighted by molar-refractivity contribution is 0.935. The zero-order chi connectivity index (χ0) is 13.0. The predicted molar refractivity (Wildman–Crippen MR) is 77.9 cm³/mol. The molecule has 18 heavy (non-hydrogen) atoms. The van der Waals surface area contributed by atoms with E-state index >= 15 is 0 Å². The van der Waals surface area contributed by atoms with Crippen LogP contribution in [0.5, 0.6) is 0 Å². The molecule has 0 saturated carbocycles. The number of hydrazine groups is 1. The number of rotatable bonds is 5. The molecule has 4 nitrogen and oxygen atoms in total. The van der Waals surface area contributed by atoms with E-state index in [0.717, 1.165) is 18.1 Å². The molecule has 0 aliphatic carbocycles. The van der Waals surface area contributed by atoms with Crippen molar-refractivity contribution in [3.63, 3.8) is 0 Å². The molecule has 0 radical (unpaired) electrons. The van der Waals surface area contributed by atoms with Crippen molar-refractivity contribution in [2.45, 2.75) is 19.9 Å². The third-order valence-electron chi connectivity index (χ3n) is 2.86. The number of hydrogen-bond acceptors (Lipinski definition) is 5. The second-order valence-electron chi connectivity index (χ2n) is 4.15. The van der Waals surface area contributed by atoms with Gasteiger partial charge in [-0.2, -0.15) is 0 Å². The maximum Gasteiger partial charge on any atom is 0.197 e. The summed E-state index contributed by atoms with van der Waals surface area (Å²) in [5, 5.41) is 0.750. The van der Waals surface area contributed by atoms with E-state index in [1.165, 1.54) is 16.1 Å². The molecule has 0 spiro atoms. The third kappa shape index (κ3) is 3.00. The van der Waals surface area contributed by atoms with Gasteiger partial charge in [-0.15, -0.1) is 0 Å². The molecule has 1 heterocycles. The average molecular weight is 262 g/mol. The summed E-state index contributed by atoms with van der Waals surface area (Å²) >= 11 is 1.57. The Bertz CT molecular complexity index is 492. The minimum absolute atomic E-state index is 0.750. The topological polar surface area (TPSA) is 54.2 Å².